The van der Waals surface area contributed by atoms with Crippen LogP contribution in [-0.2, 0) is 16.1 Å². The molecular weight excluding hydrogens is 258 g/mol. The smallest absolute Gasteiger partial charge is 0.319 e. The molecule has 0 aromatic carbocycles. The molecule has 0 radical (unpaired) electrons. The Morgan fingerprint density at radius 3 is 2.90 bits per heavy atom. The summed E-state index contributed by atoms with van der Waals surface area (Å²) in [6, 6.07) is 5.20. The Morgan fingerprint density at radius 2 is 2.20 bits per heavy atom. The van der Waals surface area contributed by atoms with Gasteiger partial charge in [0.15, 0.2) is 0 Å². The number of aryl methyl sites for hydroxylation is 1. The maximum Gasteiger partial charge on any atom is 0.319 e. The lowest BCUT2D eigenvalue weighted by Gasteiger charge is -2.14. The van der Waals surface area contributed by atoms with Crippen molar-refractivity contribution < 1.29 is 9.53 Å². The Kier molecular flexibility index (Phi) is 4.14. The normalized spacial score (nSPS) is 11.0. The number of pyridine rings is 1. The number of hydrogen-bond acceptors (Lipinski definition) is 5. The Hall–Kier alpha value is -2.21. The average Bonchev–Trinajstić information content (AvgIpc) is 2.39. The minimum atomic E-state index is -0.319. The molecule has 0 aliphatic heterocycles. The lowest BCUT2D eigenvalue weighted by molar-refractivity contribution is -0.141. The molecule has 0 spiro atoms. The summed E-state index contributed by atoms with van der Waals surface area (Å²) in [6.07, 6.45) is 1.76. The number of nitrogens with zero attached hydrogens (tertiary/aromatic N) is 3. The molecule has 6 heteroatoms. The quantitative estimate of drug-likeness (QED) is 0.765. The highest BCUT2D eigenvalue weighted by Crippen LogP contribution is 2.04. The maximum atomic E-state index is 12.0. The third-order valence-electron chi connectivity index (χ3n) is 2.92. The zero-order chi connectivity index (χ0) is 14.7. The predicted molar refractivity (Wildman–Crippen MR) is 74.5 cm³/mol. The van der Waals surface area contributed by atoms with Crippen LogP contribution in [0.4, 0.5) is 0 Å². The number of ether oxygens (including phenoxy) is 1. The van der Waals surface area contributed by atoms with Gasteiger partial charge in [0.25, 0.3) is 5.56 Å². The molecule has 0 atom stereocenters. The number of carbonyl (C=O) groups excluding carboxylic acids is 1. The summed E-state index contributed by atoms with van der Waals surface area (Å²) in [7, 11) is 3.12. The molecule has 0 saturated carbocycles. The number of hydrogen-bond donors (Lipinski definition) is 0. The maximum absolute atomic E-state index is 12.0. The van der Waals surface area contributed by atoms with E-state index < -0.39 is 0 Å². The van der Waals surface area contributed by atoms with Gasteiger partial charge < -0.3 is 4.74 Å². The first kappa shape index (κ1) is 14.2. The molecular formula is C14H17N3O3. The highest BCUT2D eigenvalue weighted by molar-refractivity contribution is 5.71. The first-order valence-electron chi connectivity index (χ1n) is 6.24. The van der Waals surface area contributed by atoms with Gasteiger partial charge in [0.2, 0.25) is 0 Å². The van der Waals surface area contributed by atoms with Crippen LogP contribution in [0.3, 0.4) is 0 Å². The van der Waals surface area contributed by atoms with Gasteiger partial charge in [-0.1, -0.05) is 6.07 Å². The molecule has 106 valence electrons. The molecule has 2 heterocycles. The van der Waals surface area contributed by atoms with Crippen LogP contribution in [0.2, 0.25) is 0 Å². The van der Waals surface area contributed by atoms with Crippen molar-refractivity contribution in [3.63, 3.8) is 0 Å². The molecule has 0 unspecified atom stereocenters. The molecule has 6 nitrogen and oxygen atoms in total. The van der Waals surface area contributed by atoms with E-state index in [1.807, 2.05) is 13.0 Å². The van der Waals surface area contributed by atoms with Gasteiger partial charge in [-0.15, -0.1) is 0 Å². The summed E-state index contributed by atoms with van der Waals surface area (Å²) < 4.78 is 6.11. The summed E-state index contributed by atoms with van der Waals surface area (Å²) in [4.78, 5) is 29.4. The minimum absolute atomic E-state index is 0.125. The van der Waals surface area contributed by atoms with Crippen LogP contribution < -0.4 is 5.56 Å². The Labute approximate surface area is 116 Å². The average molecular weight is 275 g/mol. The van der Waals surface area contributed by atoms with Gasteiger partial charge >= 0.3 is 5.97 Å². The highest BCUT2D eigenvalue weighted by atomic mass is 16.5. The minimum Gasteiger partial charge on any atom is -0.468 e. The van der Waals surface area contributed by atoms with Crippen LogP contribution in [-0.4, -0.2) is 41.0 Å². The summed E-state index contributed by atoms with van der Waals surface area (Å²) in [5, 5.41) is 0. The van der Waals surface area contributed by atoms with E-state index in [1.165, 1.54) is 17.6 Å². The van der Waals surface area contributed by atoms with Gasteiger partial charge in [-0.05, 0) is 25.6 Å². The molecule has 20 heavy (non-hydrogen) atoms. The molecule has 0 fully saturated rings. The van der Waals surface area contributed by atoms with Crippen LogP contribution in [0.5, 0.6) is 0 Å². The molecule has 0 bridgehead atoms. The van der Waals surface area contributed by atoms with E-state index >= 15 is 0 Å². The second kappa shape index (κ2) is 5.83. The largest absolute Gasteiger partial charge is 0.468 e. The lowest BCUT2D eigenvalue weighted by atomic mass is 10.3. The highest BCUT2D eigenvalue weighted by Gasteiger charge is 2.09. The van der Waals surface area contributed by atoms with Crippen LogP contribution in [0.25, 0.3) is 5.65 Å². The Bertz CT molecular complexity index is 694. The fraction of sp³-hybridized carbons (Fsp3) is 0.357. The zero-order valence-corrected chi connectivity index (χ0v) is 11.8. The Morgan fingerprint density at radius 1 is 1.45 bits per heavy atom. The predicted octanol–water partition coefficient (Wildman–Crippen LogP) is 0.608. The summed E-state index contributed by atoms with van der Waals surface area (Å²) >= 11 is 0. The standard InChI is InChI=1S/C14H17N3O3/c1-10-4-5-12-15-11(6-13(18)17(12)7-10)8-16(2)9-14(19)20-3/h4-7H,8-9H2,1-3H3. The van der Waals surface area contributed by atoms with Gasteiger partial charge in [0.05, 0.1) is 19.3 Å². The Balaban J connectivity index is 2.26. The first-order valence-corrected chi connectivity index (χ1v) is 6.24. The monoisotopic (exact) mass is 275 g/mol. The van der Waals surface area contributed by atoms with Crippen LogP contribution >= 0.6 is 0 Å². The number of fused-ring (bicyclic) bond motifs is 1. The molecule has 2 aromatic heterocycles. The number of carbonyl (C=O) groups is 1. The number of likely N-dealkylation sites (N-methyl/N-ethyl adjacent to an activating group) is 1. The van der Waals surface area contributed by atoms with E-state index in [2.05, 4.69) is 9.72 Å². The number of rotatable bonds is 4. The number of esters is 1. The second-order valence-electron chi connectivity index (χ2n) is 4.77. The van der Waals surface area contributed by atoms with Crippen molar-refractivity contribution in [1.29, 1.82) is 0 Å². The van der Waals surface area contributed by atoms with Crippen LogP contribution in [0.15, 0.2) is 29.2 Å². The van der Waals surface area contributed by atoms with Crippen LogP contribution in [0.1, 0.15) is 11.3 Å². The van der Waals surface area contributed by atoms with Crippen molar-refractivity contribution >= 4 is 11.6 Å². The van der Waals surface area contributed by atoms with Gasteiger partial charge in [0, 0.05) is 18.8 Å². The number of aromatic nitrogens is 2. The van der Waals surface area contributed by atoms with E-state index in [4.69, 9.17) is 0 Å². The third-order valence-corrected chi connectivity index (χ3v) is 2.92. The topological polar surface area (TPSA) is 63.9 Å². The second-order valence-corrected chi connectivity index (χ2v) is 4.77. The van der Waals surface area contributed by atoms with Gasteiger partial charge in [-0.25, -0.2) is 4.98 Å². The fourth-order valence-corrected chi connectivity index (χ4v) is 1.96. The van der Waals surface area contributed by atoms with E-state index in [9.17, 15) is 9.59 Å². The SMILES string of the molecule is COC(=O)CN(C)Cc1cc(=O)n2cc(C)ccc2n1. The molecule has 2 rings (SSSR count). The van der Waals surface area contributed by atoms with Gasteiger partial charge in [-0.3, -0.25) is 18.9 Å². The van der Waals surface area contributed by atoms with E-state index in [-0.39, 0.29) is 18.1 Å². The molecule has 0 N–H and O–H groups in total. The fourth-order valence-electron chi connectivity index (χ4n) is 1.96. The summed E-state index contributed by atoms with van der Waals surface area (Å²) in [5.41, 5.74) is 2.10. The molecule has 0 saturated heterocycles. The third kappa shape index (κ3) is 3.21. The van der Waals surface area contributed by atoms with Gasteiger partial charge in [-0.2, -0.15) is 0 Å². The van der Waals surface area contributed by atoms with E-state index in [1.54, 1.807) is 24.2 Å². The molecule has 0 aliphatic rings. The first-order chi connectivity index (χ1) is 9.49. The van der Waals surface area contributed by atoms with Crippen molar-refractivity contribution in [1.82, 2.24) is 14.3 Å². The molecule has 0 amide bonds. The van der Waals surface area contributed by atoms with Crippen LogP contribution in [0, 0.1) is 6.92 Å². The molecule has 2 aromatic rings. The summed E-state index contributed by atoms with van der Waals surface area (Å²) in [5.74, 6) is -0.319. The van der Waals surface area contributed by atoms with Crippen molar-refractivity contribution in [2.24, 2.45) is 0 Å². The van der Waals surface area contributed by atoms with E-state index in [0.29, 0.717) is 17.9 Å². The van der Waals surface area contributed by atoms with Crippen molar-refractivity contribution in [2.45, 2.75) is 13.5 Å². The van der Waals surface area contributed by atoms with Crippen molar-refractivity contribution in [3.05, 3.63) is 46.0 Å². The number of methoxy groups -OCH3 is 1. The molecule has 0 aliphatic carbocycles. The summed E-state index contributed by atoms with van der Waals surface area (Å²) in [6.45, 7) is 2.49. The lowest BCUT2D eigenvalue weighted by Crippen LogP contribution is -2.27. The van der Waals surface area contributed by atoms with Crippen molar-refractivity contribution in [2.75, 3.05) is 20.7 Å². The zero-order valence-electron chi connectivity index (χ0n) is 11.8. The van der Waals surface area contributed by atoms with Crippen molar-refractivity contribution in [3.8, 4) is 0 Å². The van der Waals surface area contributed by atoms with E-state index in [0.717, 1.165) is 5.56 Å². The van der Waals surface area contributed by atoms with Gasteiger partial charge in [0.1, 0.15) is 5.65 Å².